The van der Waals surface area contributed by atoms with Crippen molar-refractivity contribution in [2.75, 3.05) is 19.0 Å². The van der Waals surface area contributed by atoms with Gasteiger partial charge in [0.25, 0.3) is 0 Å². The molecule has 0 spiro atoms. The minimum atomic E-state index is 0.419. The molecule has 2 aromatic carbocycles. The zero-order valence-electron chi connectivity index (χ0n) is 12.3. The standard InChI is InChI=1S/C17H20N2OS/c1-12-6-7-16(15(10-12)17(18)21)19-9-8-13-4-3-5-14(11-13)20-2/h3-7,10-11,19H,8-9H2,1-2H3,(H2,18,21). The molecular formula is C17H20N2OS. The van der Waals surface area contributed by atoms with Crippen molar-refractivity contribution in [1.29, 1.82) is 0 Å². The Balaban J connectivity index is 2.01. The highest BCUT2D eigenvalue weighted by Gasteiger charge is 2.05. The Hall–Kier alpha value is -2.07. The first-order valence-electron chi connectivity index (χ1n) is 6.87. The molecule has 0 unspecified atom stereocenters. The number of nitrogens with one attached hydrogen (secondary N) is 1. The minimum Gasteiger partial charge on any atom is -0.497 e. The number of ether oxygens (including phenoxy) is 1. The highest BCUT2D eigenvalue weighted by atomic mass is 32.1. The summed E-state index contributed by atoms with van der Waals surface area (Å²) >= 11 is 5.11. The first-order valence-corrected chi connectivity index (χ1v) is 7.28. The van der Waals surface area contributed by atoms with Gasteiger partial charge < -0.3 is 15.8 Å². The van der Waals surface area contributed by atoms with Gasteiger partial charge in [-0.3, -0.25) is 0 Å². The van der Waals surface area contributed by atoms with Crippen LogP contribution in [0.2, 0.25) is 0 Å². The molecule has 110 valence electrons. The number of anilines is 1. The van der Waals surface area contributed by atoms with Gasteiger partial charge in [-0.25, -0.2) is 0 Å². The Morgan fingerprint density at radius 1 is 1.24 bits per heavy atom. The number of aryl methyl sites for hydroxylation is 1. The maximum Gasteiger partial charge on any atom is 0.119 e. The van der Waals surface area contributed by atoms with Crippen LogP contribution in [0.4, 0.5) is 5.69 Å². The summed E-state index contributed by atoms with van der Waals surface area (Å²) in [5.41, 5.74) is 10.0. The molecule has 0 amide bonds. The lowest BCUT2D eigenvalue weighted by molar-refractivity contribution is 0.414. The van der Waals surface area contributed by atoms with Crippen LogP contribution in [0.1, 0.15) is 16.7 Å². The summed E-state index contributed by atoms with van der Waals surface area (Å²) in [4.78, 5) is 0.419. The first-order chi connectivity index (χ1) is 10.1. The zero-order chi connectivity index (χ0) is 15.2. The summed E-state index contributed by atoms with van der Waals surface area (Å²) in [7, 11) is 1.68. The quantitative estimate of drug-likeness (QED) is 0.804. The predicted octanol–water partition coefficient (Wildman–Crippen LogP) is 3.29. The van der Waals surface area contributed by atoms with Crippen molar-refractivity contribution in [3.63, 3.8) is 0 Å². The third-order valence-corrected chi connectivity index (χ3v) is 3.52. The second kappa shape index (κ2) is 7.09. The molecule has 0 aliphatic carbocycles. The van der Waals surface area contributed by atoms with E-state index >= 15 is 0 Å². The molecule has 0 aliphatic rings. The zero-order valence-corrected chi connectivity index (χ0v) is 13.2. The Bertz CT molecular complexity index is 640. The van der Waals surface area contributed by atoms with Gasteiger partial charge in [0, 0.05) is 17.8 Å². The third kappa shape index (κ3) is 4.20. The normalized spacial score (nSPS) is 10.2. The lowest BCUT2D eigenvalue weighted by Gasteiger charge is -2.12. The molecule has 0 heterocycles. The molecule has 0 aromatic heterocycles. The van der Waals surface area contributed by atoms with Crippen LogP contribution in [-0.4, -0.2) is 18.6 Å². The molecule has 3 N–H and O–H groups in total. The van der Waals surface area contributed by atoms with Crippen molar-refractivity contribution in [3.05, 3.63) is 59.2 Å². The van der Waals surface area contributed by atoms with E-state index in [1.807, 2.05) is 37.3 Å². The summed E-state index contributed by atoms with van der Waals surface area (Å²) < 4.78 is 5.23. The summed E-state index contributed by atoms with van der Waals surface area (Å²) in [6, 6.07) is 14.2. The van der Waals surface area contributed by atoms with Gasteiger partial charge in [0.05, 0.1) is 7.11 Å². The van der Waals surface area contributed by atoms with Gasteiger partial charge in [0.2, 0.25) is 0 Å². The Morgan fingerprint density at radius 2 is 2.05 bits per heavy atom. The van der Waals surface area contributed by atoms with Gasteiger partial charge >= 0.3 is 0 Å². The highest BCUT2D eigenvalue weighted by Crippen LogP contribution is 2.18. The van der Waals surface area contributed by atoms with Crippen molar-refractivity contribution in [1.82, 2.24) is 0 Å². The van der Waals surface area contributed by atoms with Crippen LogP contribution in [0, 0.1) is 6.92 Å². The molecule has 0 saturated carbocycles. The van der Waals surface area contributed by atoms with E-state index in [0.29, 0.717) is 4.99 Å². The lowest BCUT2D eigenvalue weighted by Crippen LogP contribution is -2.14. The van der Waals surface area contributed by atoms with Gasteiger partial charge in [-0.05, 0) is 43.2 Å². The fraction of sp³-hybridized carbons (Fsp3) is 0.235. The first kappa shape index (κ1) is 15.3. The van der Waals surface area contributed by atoms with E-state index in [9.17, 15) is 0 Å². The average Bonchev–Trinajstić information content (AvgIpc) is 2.48. The smallest absolute Gasteiger partial charge is 0.119 e. The van der Waals surface area contributed by atoms with E-state index in [2.05, 4.69) is 17.4 Å². The van der Waals surface area contributed by atoms with E-state index in [4.69, 9.17) is 22.7 Å². The molecule has 2 aromatic rings. The van der Waals surface area contributed by atoms with Crippen LogP contribution in [-0.2, 0) is 6.42 Å². The number of nitrogens with two attached hydrogens (primary N) is 1. The molecule has 3 nitrogen and oxygen atoms in total. The second-order valence-electron chi connectivity index (χ2n) is 4.94. The molecule has 0 fully saturated rings. The molecule has 0 saturated heterocycles. The van der Waals surface area contributed by atoms with E-state index in [1.54, 1.807) is 7.11 Å². The van der Waals surface area contributed by atoms with Crippen LogP contribution in [0.5, 0.6) is 5.75 Å². The van der Waals surface area contributed by atoms with Crippen LogP contribution in [0.3, 0.4) is 0 Å². The molecule has 2 rings (SSSR count). The molecule has 0 radical (unpaired) electrons. The van der Waals surface area contributed by atoms with E-state index in [1.165, 1.54) is 5.56 Å². The average molecular weight is 300 g/mol. The van der Waals surface area contributed by atoms with E-state index in [0.717, 1.165) is 35.5 Å². The topological polar surface area (TPSA) is 47.3 Å². The van der Waals surface area contributed by atoms with E-state index in [-0.39, 0.29) is 0 Å². The van der Waals surface area contributed by atoms with Gasteiger partial charge in [0.1, 0.15) is 10.7 Å². The van der Waals surface area contributed by atoms with Gasteiger partial charge in [-0.2, -0.15) is 0 Å². The number of hydrogen-bond donors (Lipinski definition) is 2. The van der Waals surface area contributed by atoms with Crippen LogP contribution in [0.15, 0.2) is 42.5 Å². The van der Waals surface area contributed by atoms with Crippen LogP contribution >= 0.6 is 12.2 Å². The molecule has 4 heteroatoms. The van der Waals surface area contributed by atoms with Gasteiger partial charge in [-0.15, -0.1) is 0 Å². The van der Waals surface area contributed by atoms with Gasteiger partial charge in [0.15, 0.2) is 0 Å². The molecule has 0 aliphatic heterocycles. The molecule has 0 bridgehead atoms. The second-order valence-corrected chi connectivity index (χ2v) is 5.38. The number of hydrogen-bond acceptors (Lipinski definition) is 3. The summed E-state index contributed by atoms with van der Waals surface area (Å²) in [5.74, 6) is 0.881. The van der Waals surface area contributed by atoms with Crippen molar-refractivity contribution in [2.24, 2.45) is 5.73 Å². The maximum absolute atomic E-state index is 5.78. The molecule has 21 heavy (non-hydrogen) atoms. The SMILES string of the molecule is COc1cccc(CCNc2ccc(C)cc2C(N)=S)c1. The van der Waals surface area contributed by atoms with Crippen molar-refractivity contribution >= 4 is 22.9 Å². The van der Waals surface area contributed by atoms with Crippen LogP contribution in [0.25, 0.3) is 0 Å². The van der Waals surface area contributed by atoms with Crippen molar-refractivity contribution in [3.8, 4) is 5.75 Å². The fourth-order valence-electron chi connectivity index (χ4n) is 2.19. The predicted molar refractivity (Wildman–Crippen MR) is 92.3 cm³/mol. The monoisotopic (exact) mass is 300 g/mol. The maximum atomic E-state index is 5.78. The largest absolute Gasteiger partial charge is 0.497 e. The molecule has 0 atom stereocenters. The summed E-state index contributed by atoms with van der Waals surface area (Å²) in [6.45, 7) is 2.84. The Labute approximate surface area is 131 Å². The van der Waals surface area contributed by atoms with E-state index < -0.39 is 0 Å². The van der Waals surface area contributed by atoms with Gasteiger partial charge in [-0.1, -0.05) is 36.0 Å². The van der Waals surface area contributed by atoms with Crippen molar-refractivity contribution < 1.29 is 4.74 Å². The fourth-order valence-corrected chi connectivity index (χ4v) is 2.35. The van der Waals surface area contributed by atoms with Crippen molar-refractivity contribution in [2.45, 2.75) is 13.3 Å². The number of rotatable bonds is 6. The van der Waals surface area contributed by atoms with Crippen LogP contribution < -0.4 is 15.8 Å². The number of benzene rings is 2. The highest BCUT2D eigenvalue weighted by molar-refractivity contribution is 7.80. The Kier molecular flexibility index (Phi) is 5.17. The number of thiocarbonyl (C=S) groups is 1. The lowest BCUT2D eigenvalue weighted by atomic mass is 10.1. The summed E-state index contributed by atoms with van der Waals surface area (Å²) in [5, 5.41) is 3.40. The molecular weight excluding hydrogens is 280 g/mol. The third-order valence-electron chi connectivity index (χ3n) is 3.30. The Morgan fingerprint density at radius 3 is 2.76 bits per heavy atom. The summed E-state index contributed by atoms with van der Waals surface area (Å²) in [6.07, 6.45) is 0.905. The minimum absolute atomic E-state index is 0.419. The number of methoxy groups -OCH3 is 1.